The zero-order chi connectivity index (χ0) is 34.4. The molecule has 8 aromatic carbocycles. The first-order valence-corrected chi connectivity index (χ1v) is 18.4. The van der Waals surface area contributed by atoms with E-state index < -0.39 is 0 Å². The number of hydrogen-bond acceptors (Lipinski definition) is 3. The molecule has 0 aliphatic carbocycles. The average Bonchev–Trinajstić information content (AvgIpc) is 3.75. The van der Waals surface area contributed by atoms with Crippen molar-refractivity contribution in [2.24, 2.45) is 0 Å². The minimum absolute atomic E-state index is 1.08. The summed E-state index contributed by atoms with van der Waals surface area (Å²) in [4.78, 5) is 4.78. The van der Waals surface area contributed by atoms with E-state index in [4.69, 9.17) is 0 Å². The Bertz CT molecular complexity index is 2760. The van der Waals surface area contributed by atoms with E-state index in [1.807, 2.05) is 11.3 Å². The summed E-state index contributed by atoms with van der Waals surface area (Å²) in [7, 11) is 0. The Balaban J connectivity index is 1.34. The monoisotopic (exact) mass is 683 g/mol. The molecular formula is C48H33N3S. The molecule has 0 unspecified atom stereocenters. The lowest BCUT2D eigenvalue weighted by molar-refractivity contribution is 1.17. The van der Waals surface area contributed by atoms with Crippen LogP contribution in [0.15, 0.2) is 200 Å². The molecule has 2 aromatic heterocycles. The van der Waals surface area contributed by atoms with Gasteiger partial charge in [-0.05, 0) is 84.9 Å². The Labute approximate surface area is 306 Å². The van der Waals surface area contributed by atoms with Gasteiger partial charge in [0, 0.05) is 65.1 Å². The van der Waals surface area contributed by atoms with Crippen molar-refractivity contribution in [3.8, 4) is 5.69 Å². The van der Waals surface area contributed by atoms with E-state index in [1.165, 1.54) is 36.5 Å². The fraction of sp³-hybridized carbons (Fsp3) is 0. The summed E-state index contributed by atoms with van der Waals surface area (Å²) >= 11 is 1.86. The minimum atomic E-state index is 1.08. The van der Waals surface area contributed by atoms with E-state index in [0.29, 0.717) is 0 Å². The predicted molar refractivity (Wildman–Crippen MR) is 223 cm³/mol. The van der Waals surface area contributed by atoms with Gasteiger partial charge in [0.2, 0.25) is 0 Å². The molecule has 0 aliphatic rings. The maximum Gasteiger partial charge on any atom is 0.0784 e. The minimum Gasteiger partial charge on any atom is -0.310 e. The smallest absolute Gasteiger partial charge is 0.0784 e. The molecule has 0 aliphatic heterocycles. The van der Waals surface area contributed by atoms with Gasteiger partial charge >= 0.3 is 0 Å². The number of anilines is 6. The lowest BCUT2D eigenvalue weighted by Gasteiger charge is -2.30. The van der Waals surface area contributed by atoms with E-state index in [2.05, 4.69) is 215 Å². The largest absolute Gasteiger partial charge is 0.310 e. The maximum absolute atomic E-state index is 2.47. The van der Waals surface area contributed by atoms with Crippen molar-refractivity contribution in [2.75, 3.05) is 9.80 Å². The summed E-state index contributed by atoms with van der Waals surface area (Å²) in [6.45, 7) is 0. The lowest BCUT2D eigenvalue weighted by Crippen LogP contribution is -2.14. The van der Waals surface area contributed by atoms with Crippen LogP contribution in [0.3, 0.4) is 0 Å². The molecule has 0 radical (unpaired) electrons. The first-order valence-electron chi connectivity index (χ1n) is 17.6. The van der Waals surface area contributed by atoms with Gasteiger partial charge < -0.3 is 14.4 Å². The highest BCUT2D eigenvalue weighted by molar-refractivity contribution is 7.25. The fourth-order valence-electron chi connectivity index (χ4n) is 7.67. The molecule has 2 heterocycles. The molecule has 0 bridgehead atoms. The zero-order valence-electron chi connectivity index (χ0n) is 28.3. The summed E-state index contributed by atoms with van der Waals surface area (Å²) in [5, 5.41) is 5.00. The van der Waals surface area contributed by atoms with Crippen LogP contribution in [0, 0.1) is 0 Å². The number of aromatic nitrogens is 1. The third-order valence-electron chi connectivity index (χ3n) is 9.91. The Morgan fingerprint density at radius 3 is 1.46 bits per heavy atom. The number of nitrogens with zero attached hydrogens (tertiary/aromatic N) is 3. The van der Waals surface area contributed by atoms with Crippen LogP contribution in [0.5, 0.6) is 0 Å². The second-order valence-electron chi connectivity index (χ2n) is 13.0. The van der Waals surface area contributed by atoms with Crippen LogP contribution >= 0.6 is 11.3 Å². The second kappa shape index (κ2) is 12.6. The van der Waals surface area contributed by atoms with E-state index in [9.17, 15) is 0 Å². The van der Waals surface area contributed by atoms with Crippen molar-refractivity contribution < 1.29 is 0 Å². The van der Waals surface area contributed by atoms with Crippen molar-refractivity contribution in [1.82, 2.24) is 4.57 Å². The molecule has 10 aromatic rings. The van der Waals surface area contributed by atoms with Crippen molar-refractivity contribution in [2.45, 2.75) is 0 Å². The third kappa shape index (κ3) is 5.04. The van der Waals surface area contributed by atoms with Gasteiger partial charge in [0.25, 0.3) is 0 Å². The van der Waals surface area contributed by atoms with Gasteiger partial charge in [0.1, 0.15) is 0 Å². The zero-order valence-corrected chi connectivity index (χ0v) is 29.1. The molecule has 246 valence electrons. The third-order valence-corrected chi connectivity index (χ3v) is 11.0. The van der Waals surface area contributed by atoms with Gasteiger partial charge in [-0.1, -0.05) is 115 Å². The van der Waals surface area contributed by atoms with Crippen molar-refractivity contribution >= 4 is 87.4 Å². The van der Waals surface area contributed by atoms with E-state index in [1.54, 1.807) is 0 Å². The summed E-state index contributed by atoms with van der Waals surface area (Å²) in [6.07, 6.45) is 0. The summed E-state index contributed by atoms with van der Waals surface area (Å²) in [6, 6.07) is 72.1. The molecule has 0 amide bonds. The highest BCUT2D eigenvalue weighted by Crippen LogP contribution is 2.48. The van der Waals surface area contributed by atoms with E-state index in [0.717, 1.165) is 45.3 Å². The van der Waals surface area contributed by atoms with Crippen LogP contribution in [0.1, 0.15) is 0 Å². The average molecular weight is 684 g/mol. The molecule has 0 atom stereocenters. The van der Waals surface area contributed by atoms with Crippen LogP contribution < -0.4 is 9.80 Å². The first kappa shape index (κ1) is 30.2. The summed E-state index contributed by atoms with van der Waals surface area (Å²) < 4.78 is 5.07. The first-order chi connectivity index (χ1) is 25.8. The van der Waals surface area contributed by atoms with Gasteiger partial charge in [0.15, 0.2) is 0 Å². The van der Waals surface area contributed by atoms with Crippen molar-refractivity contribution in [3.05, 3.63) is 200 Å². The number of fused-ring (bicyclic) bond motifs is 6. The Kier molecular flexibility index (Phi) is 7.33. The van der Waals surface area contributed by atoms with Crippen LogP contribution in [0.2, 0.25) is 0 Å². The van der Waals surface area contributed by atoms with E-state index in [-0.39, 0.29) is 0 Å². The van der Waals surface area contributed by atoms with Gasteiger partial charge in [-0.2, -0.15) is 0 Å². The van der Waals surface area contributed by atoms with Crippen molar-refractivity contribution in [1.29, 1.82) is 0 Å². The molecule has 52 heavy (non-hydrogen) atoms. The normalized spacial score (nSPS) is 11.5. The molecule has 3 nitrogen and oxygen atoms in total. The molecule has 4 heteroatoms. The predicted octanol–water partition coefficient (Wildman–Crippen LogP) is 14.1. The molecule has 0 fully saturated rings. The second-order valence-corrected chi connectivity index (χ2v) is 14.1. The topological polar surface area (TPSA) is 11.4 Å². The van der Waals surface area contributed by atoms with Crippen LogP contribution in [-0.2, 0) is 0 Å². The van der Waals surface area contributed by atoms with Gasteiger partial charge in [-0.3, -0.25) is 0 Å². The molecule has 0 spiro atoms. The number of para-hydroxylation sites is 5. The van der Waals surface area contributed by atoms with Crippen LogP contribution in [-0.4, -0.2) is 4.57 Å². The highest BCUT2D eigenvalue weighted by Gasteiger charge is 2.25. The molecule has 0 N–H and O–H groups in total. The van der Waals surface area contributed by atoms with Crippen LogP contribution in [0.25, 0.3) is 47.7 Å². The fourth-order valence-corrected chi connectivity index (χ4v) is 8.80. The Hall–Kier alpha value is -6.62. The number of rotatable bonds is 7. The maximum atomic E-state index is 2.47. The quantitative estimate of drug-likeness (QED) is 0.166. The molecule has 0 saturated heterocycles. The highest BCUT2D eigenvalue weighted by atomic mass is 32.1. The molecule has 0 saturated carbocycles. The van der Waals surface area contributed by atoms with Gasteiger partial charge in [-0.25, -0.2) is 0 Å². The number of benzene rings is 8. The Morgan fingerprint density at radius 1 is 0.346 bits per heavy atom. The number of thiophene rings is 1. The lowest BCUT2D eigenvalue weighted by atomic mass is 10.1. The Morgan fingerprint density at radius 2 is 0.846 bits per heavy atom. The standard InChI is InChI=1S/C48H33N3S/c1-5-17-34(18-6-1)49(35-19-7-2-8-20-35)39-31-43-40-25-13-15-27-44(40)51(38-29-30-42-41-26-14-16-28-46(41)52-47(42)33-38)48(43)45(32-39)50(36-21-9-3-10-22-36)37-23-11-4-12-24-37/h1-33H. The van der Waals surface area contributed by atoms with E-state index >= 15 is 0 Å². The summed E-state index contributed by atoms with van der Waals surface area (Å²) in [5.74, 6) is 0. The number of hydrogen-bond donors (Lipinski definition) is 0. The van der Waals surface area contributed by atoms with Crippen LogP contribution in [0.4, 0.5) is 34.1 Å². The van der Waals surface area contributed by atoms with Crippen molar-refractivity contribution in [3.63, 3.8) is 0 Å². The SMILES string of the molecule is c1ccc(N(c2ccccc2)c2cc(N(c3ccccc3)c3ccccc3)c3c(c2)c2ccccc2n3-c2ccc3c(c2)sc2ccccc23)cc1. The molecule has 10 rings (SSSR count). The van der Waals surface area contributed by atoms with Gasteiger partial charge in [0.05, 0.1) is 16.7 Å². The summed E-state index contributed by atoms with van der Waals surface area (Å²) in [5.41, 5.74) is 10.0. The van der Waals surface area contributed by atoms with Gasteiger partial charge in [-0.15, -0.1) is 11.3 Å². The molecular weight excluding hydrogens is 651 g/mol.